The van der Waals surface area contributed by atoms with Crippen molar-refractivity contribution in [2.45, 2.75) is 25.9 Å². The van der Waals surface area contributed by atoms with Crippen LogP contribution in [0.5, 0.6) is 0 Å². The van der Waals surface area contributed by atoms with Crippen molar-refractivity contribution in [3.8, 4) is 0 Å². The van der Waals surface area contributed by atoms with Crippen LogP contribution in [0.3, 0.4) is 0 Å². The van der Waals surface area contributed by atoms with Crippen LogP contribution in [0.25, 0.3) is 0 Å². The van der Waals surface area contributed by atoms with Gasteiger partial charge in [0.2, 0.25) is 0 Å². The van der Waals surface area contributed by atoms with Crippen molar-refractivity contribution in [3.05, 3.63) is 11.1 Å². The van der Waals surface area contributed by atoms with E-state index < -0.39 is 19.9 Å². The van der Waals surface area contributed by atoms with E-state index in [1.54, 1.807) is 0 Å². The van der Waals surface area contributed by atoms with E-state index in [2.05, 4.69) is 4.52 Å². The summed E-state index contributed by atoms with van der Waals surface area (Å²) in [4.78, 5) is 27.4. The molecule has 0 fully saturated rings. The number of hydrogen-bond acceptors (Lipinski definition) is 3. The van der Waals surface area contributed by atoms with Crippen LogP contribution < -0.4 is 0 Å². The normalized spacial score (nSPS) is 15.1. The number of phosphoric acid groups is 1. The largest absolute Gasteiger partial charge is 0.478 e. The van der Waals surface area contributed by atoms with Gasteiger partial charge < -0.3 is 14.9 Å². The number of carboxylic acids is 1. The zero-order valence-electron chi connectivity index (χ0n) is 7.96. The Morgan fingerprint density at radius 1 is 1.60 bits per heavy atom. The summed E-state index contributed by atoms with van der Waals surface area (Å²) in [5.74, 6) is -1.16. The van der Waals surface area contributed by atoms with Crippen LogP contribution in [0.15, 0.2) is 11.1 Å². The Balaban J connectivity index is 4.06. The van der Waals surface area contributed by atoms with E-state index in [1.807, 2.05) is 0 Å². The highest BCUT2D eigenvalue weighted by molar-refractivity contribution is 7.46. The number of carbonyl (C=O) groups is 1. The standard InChI is InChI=1S/C7H12ClO6P/c1-5(14-15(11,12)13)2-3-6(4-8)7(9)10/h4-5H,2-3H2,1H3,(H,9,10)(H2,11,12,13). The van der Waals surface area contributed by atoms with Gasteiger partial charge in [0.15, 0.2) is 0 Å². The lowest BCUT2D eigenvalue weighted by Gasteiger charge is -2.13. The minimum absolute atomic E-state index is 0.0298. The number of aliphatic carboxylic acids is 1. The monoisotopic (exact) mass is 258 g/mol. The number of carboxylic acid groups (broad SMARTS) is 1. The molecule has 0 amide bonds. The summed E-state index contributed by atoms with van der Waals surface area (Å²) in [6.45, 7) is 1.44. The fraction of sp³-hybridized carbons (Fsp3) is 0.571. The molecule has 3 N–H and O–H groups in total. The van der Waals surface area contributed by atoms with Gasteiger partial charge in [0.05, 0.1) is 6.10 Å². The Morgan fingerprint density at radius 3 is 2.47 bits per heavy atom. The first-order valence-corrected chi connectivity index (χ1v) is 5.99. The molecule has 0 saturated carbocycles. The van der Waals surface area contributed by atoms with Crippen LogP contribution in [0.1, 0.15) is 19.8 Å². The van der Waals surface area contributed by atoms with Gasteiger partial charge in [0, 0.05) is 11.1 Å². The lowest BCUT2D eigenvalue weighted by atomic mass is 10.1. The summed E-state index contributed by atoms with van der Waals surface area (Å²) in [5.41, 5.74) is 0.893. The van der Waals surface area contributed by atoms with Crippen LogP contribution in [0, 0.1) is 0 Å². The van der Waals surface area contributed by atoms with E-state index in [1.165, 1.54) is 6.92 Å². The lowest BCUT2D eigenvalue weighted by Crippen LogP contribution is -2.09. The highest BCUT2D eigenvalue weighted by atomic mass is 35.5. The van der Waals surface area contributed by atoms with Gasteiger partial charge in [-0.25, -0.2) is 9.36 Å². The molecule has 88 valence electrons. The Morgan fingerprint density at radius 2 is 2.13 bits per heavy atom. The predicted octanol–water partition coefficient (Wildman–Crippen LogP) is 1.47. The number of halogens is 1. The van der Waals surface area contributed by atoms with Gasteiger partial charge in [-0.15, -0.1) is 0 Å². The SMILES string of the molecule is CC(CCC(=CCl)C(=O)O)OP(=O)(O)O. The maximum Gasteiger partial charge on any atom is 0.469 e. The Kier molecular flexibility index (Phi) is 6.09. The first-order chi connectivity index (χ1) is 6.76. The third-order valence-corrected chi connectivity index (χ3v) is 2.44. The summed E-state index contributed by atoms with van der Waals surface area (Å²) >= 11 is 5.24. The van der Waals surface area contributed by atoms with E-state index in [0.717, 1.165) is 5.54 Å². The van der Waals surface area contributed by atoms with Gasteiger partial charge >= 0.3 is 13.8 Å². The fourth-order valence-electron chi connectivity index (χ4n) is 0.854. The zero-order chi connectivity index (χ0) is 12.1. The van der Waals surface area contributed by atoms with Crippen LogP contribution in [-0.4, -0.2) is 27.0 Å². The molecule has 8 heteroatoms. The molecule has 0 aliphatic rings. The van der Waals surface area contributed by atoms with Crippen LogP contribution in [0.4, 0.5) is 0 Å². The molecule has 0 bridgehead atoms. The molecule has 0 spiro atoms. The molecular formula is C7H12ClO6P. The van der Waals surface area contributed by atoms with Crippen molar-refractivity contribution < 1.29 is 28.8 Å². The van der Waals surface area contributed by atoms with Crippen molar-refractivity contribution in [2.75, 3.05) is 0 Å². The van der Waals surface area contributed by atoms with E-state index in [9.17, 15) is 9.36 Å². The number of rotatable bonds is 6. The Labute approximate surface area is 91.7 Å². The fourth-order valence-corrected chi connectivity index (χ4v) is 1.63. The summed E-state index contributed by atoms with van der Waals surface area (Å²) in [6.07, 6.45) is -0.493. The second kappa shape index (κ2) is 6.25. The molecule has 1 atom stereocenters. The summed E-state index contributed by atoms with van der Waals surface area (Å²) in [6, 6.07) is 0. The molecule has 0 saturated heterocycles. The molecule has 0 aromatic rings. The van der Waals surface area contributed by atoms with Gasteiger partial charge in [0.25, 0.3) is 0 Å². The Bertz CT molecular complexity index is 296. The molecular weight excluding hydrogens is 246 g/mol. The van der Waals surface area contributed by atoms with Gasteiger partial charge in [-0.1, -0.05) is 11.6 Å². The van der Waals surface area contributed by atoms with E-state index in [0.29, 0.717) is 0 Å². The van der Waals surface area contributed by atoms with Crippen LogP contribution >= 0.6 is 19.4 Å². The van der Waals surface area contributed by atoms with Crippen molar-refractivity contribution in [3.63, 3.8) is 0 Å². The summed E-state index contributed by atoms with van der Waals surface area (Å²) < 4.78 is 14.7. The topological polar surface area (TPSA) is 104 Å². The van der Waals surface area contributed by atoms with E-state index >= 15 is 0 Å². The average Bonchev–Trinajstić information content (AvgIpc) is 2.01. The molecule has 6 nitrogen and oxygen atoms in total. The Hall–Kier alpha value is -0.390. The second-order valence-corrected chi connectivity index (χ2v) is 4.29. The minimum Gasteiger partial charge on any atom is -0.478 e. The average molecular weight is 259 g/mol. The van der Waals surface area contributed by atoms with Crippen molar-refractivity contribution >= 4 is 25.4 Å². The lowest BCUT2D eigenvalue weighted by molar-refractivity contribution is -0.132. The zero-order valence-corrected chi connectivity index (χ0v) is 9.61. The smallest absolute Gasteiger partial charge is 0.469 e. The first kappa shape index (κ1) is 14.6. The first-order valence-electron chi connectivity index (χ1n) is 4.02. The third kappa shape index (κ3) is 7.53. The maximum absolute atomic E-state index is 10.5. The molecule has 1 unspecified atom stereocenters. The highest BCUT2D eigenvalue weighted by Gasteiger charge is 2.19. The molecule has 0 radical (unpaired) electrons. The van der Waals surface area contributed by atoms with Gasteiger partial charge in [-0.2, -0.15) is 0 Å². The van der Waals surface area contributed by atoms with Gasteiger partial charge in [0.1, 0.15) is 0 Å². The molecule has 0 aliphatic carbocycles. The van der Waals surface area contributed by atoms with Gasteiger partial charge in [-0.05, 0) is 19.8 Å². The molecule has 0 heterocycles. The number of hydrogen-bond donors (Lipinski definition) is 3. The predicted molar refractivity (Wildman–Crippen MR) is 53.4 cm³/mol. The minimum atomic E-state index is -4.51. The van der Waals surface area contributed by atoms with E-state index in [4.69, 9.17) is 26.5 Å². The third-order valence-electron chi connectivity index (χ3n) is 1.54. The van der Waals surface area contributed by atoms with Crippen molar-refractivity contribution in [1.82, 2.24) is 0 Å². The number of phosphoric ester groups is 1. The quantitative estimate of drug-likeness (QED) is 0.492. The molecule has 0 aromatic heterocycles. The molecule has 0 rings (SSSR count). The van der Waals surface area contributed by atoms with E-state index in [-0.39, 0.29) is 18.4 Å². The van der Waals surface area contributed by atoms with Crippen LogP contribution in [-0.2, 0) is 13.9 Å². The maximum atomic E-state index is 10.5. The second-order valence-electron chi connectivity index (χ2n) is 2.88. The summed E-state index contributed by atoms with van der Waals surface area (Å²) in [7, 11) is -4.51. The molecule has 15 heavy (non-hydrogen) atoms. The highest BCUT2D eigenvalue weighted by Crippen LogP contribution is 2.38. The van der Waals surface area contributed by atoms with Crippen molar-refractivity contribution in [1.29, 1.82) is 0 Å². The van der Waals surface area contributed by atoms with Crippen LogP contribution in [0.2, 0.25) is 0 Å². The molecule has 0 aromatic carbocycles. The van der Waals surface area contributed by atoms with Gasteiger partial charge in [-0.3, -0.25) is 4.52 Å². The van der Waals surface area contributed by atoms with Crippen molar-refractivity contribution in [2.24, 2.45) is 0 Å². The molecule has 0 aliphatic heterocycles. The summed E-state index contributed by atoms with van der Waals surface area (Å²) in [5, 5.41) is 8.57.